The molecule has 0 rings (SSSR count). The van der Waals surface area contributed by atoms with Crippen molar-refractivity contribution in [3.05, 3.63) is 0 Å². The molecule has 0 aromatic heterocycles. The molecule has 0 spiro atoms. The third-order valence-electron chi connectivity index (χ3n) is 1.50. The van der Waals surface area contributed by atoms with Crippen molar-refractivity contribution in [3.63, 3.8) is 0 Å². The van der Waals surface area contributed by atoms with Gasteiger partial charge in [-0.3, -0.25) is 0 Å². The Hall–Kier alpha value is 4.02. The second-order valence-corrected chi connectivity index (χ2v) is 32.8. The summed E-state index contributed by atoms with van der Waals surface area (Å²) in [6.45, 7) is 28.1. The van der Waals surface area contributed by atoms with Crippen LogP contribution in [0.15, 0.2) is 0 Å². The van der Waals surface area contributed by atoms with Gasteiger partial charge in [-0.2, -0.15) is 0 Å². The Balaban J connectivity index is -0.000000126. The molecule has 0 atom stereocenters. The summed E-state index contributed by atoms with van der Waals surface area (Å²) >= 11 is -1.47. The van der Waals surface area contributed by atoms with E-state index in [-0.39, 0.29) is 31.5 Å². The molecule has 0 saturated heterocycles. The quantitative estimate of drug-likeness (QED) is 0.223. The van der Waals surface area contributed by atoms with Crippen LogP contribution in [-0.4, -0.2) is 72.6 Å². The maximum atomic E-state index is 4.95. The Labute approximate surface area is 203 Å². The first-order valence-electron chi connectivity index (χ1n) is 7.87. The summed E-state index contributed by atoms with van der Waals surface area (Å²) < 4.78 is 2.44. The second kappa shape index (κ2) is 17.8. The first-order chi connectivity index (χ1) is 10.2. The molecule has 0 bridgehead atoms. The van der Waals surface area contributed by atoms with E-state index in [1.54, 1.807) is 0 Å². The Morgan fingerprint density at radius 1 is 0.417 bits per heavy atom. The second-order valence-electron chi connectivity index (χ2n) is 9.41. The van der Waals surface area contributed by atoms with E-state index in [0.29, 0.717) is 16.8 Å². The molecule has 24 heavy (non-hydrogen) atoms. The molecule has 0 aromatic carbocycles. The molecule has 0 amide bonds. The molecule has 0 aliphatic rings. The number of hydrogen-bond donors (Lipinski definition) is 0. The van der Waals surface area contributed by atoms with Gasteiger partial charge in [0.15, 0.2) is 0 Å². The van der Waals surface area contributed by atoms with Gasteiger partial charge < -0.3 is 0 Å². The summed E-state index contributed by atoms with van der Waals surface area (Å²) in [4.78, 5) is 0. The van der Waals surface area contributed by atoms with Gasteiger partial charge in [0.1, 0.15) is 0 Å². The monoisotopic (exact) mass is 750 g/mol. The summed E-state index contributed by atoms with van der Waals surface area (Å²) in [5, 5.41) is 0. The normalized spacial score (nSPS) is 11.7. The van der Waals surface area contributed by atoms with Gasteiger partial charge in [-0.1, -0.05) is 0 Å². The summed E-state index contributed by atoms with van der Waals surface area (Å²) in [7, 11) is 19.8. The van der Waals surface area contributed by atoms with Crippen LogP contribution in [0.5, 0.6) is 0 Å². The maximum absolute atomic E-state index is 4.95. The van der Waals surface area contributed by atoms with Crippen molar-refractivity contribution in [2.24, 2.45) is 0 Å². The van der Waals surface area contributed by atoms with E-state index in [9.17, 15) is 0 Å². The topological polar surface area (TPSA) is 0 Å². The Morgan fingerprint density at radius 3 is 0.500 bits per heavy atom. The molecule has 146 valence electrons. The van der Waals surface area contributed by atoms with Crippen LogP contribution in [0.2, 0.25) is 16.8 Å². The average molecular weight is 752 g/mol. The van der Waals surface area contributed by atoms with Gasteiger partial charge in [0, 0.05) is 0 Å². The van der Waals surface area contributed by atoms with Crippen LogP contribution in [-0.2, 0) is 0 Å². The molecule has 0 heterocycles. The molecular weight excluding hydrogens is 713 g/mol. The fourth-order valence-electron chi connectivity index (χ4n) is 2.25. The third-order valence-corrected chi connectivity index (χ3v) is 7.79. The Kier molecular flexibility index (Phi) is 26.4. The third kappa shape index (κ3) is 63.5. The van der Waals surface area contributed by atoms with Crippen molar-refractivity contribution in [1.29, 1.82) is 0 Å². The minimum atomic E-state index is -0.946. The van der Waals surface area contributed by atoms with Crippen molar-refractivity contribution in [1.82, 2.24) is 0 Å². The van der Waals surface area contributed by atoms with E-state index in [1.807, 2.05) is 0 Å². The molecule has 0 nitrogen and oxygen atoms in total. The Morgan fingerprint density at radius 2 is 0.500 bits per heavy atom. The van der Waals surface area contributed by atoms with Crippen molar-refractivity contribution >= 4 is 107 Å². The molecule has 0 aliphatic carbocycles. The number of hydrogen-bond acceptors (Lipinski definition) is 0. The zero-order valence-electron chi connectivity index (χ0n) is 17.7. The van der Waals surface area contributed by atoms with Crippen LogP contribution < -0.4 is 0 Å². The SMILES string of the molecule is CC(C)(C)[AsH]C(C)(C)C.CC(C)(C)[AsH]C(C)(C)C.[Cl][In][Cl].[Cl][In][Cl]. The van der Waals surface area contributed by atoms with Gasteiger partial charge in [-0.05, 0) is 0 Å². The Bertz CT molecular complexity index is 213. The predicted octanol–water partition coefficient (Wildman–Crippen LogP) is 7.72. The van der Waals surface area contributed by atoms with Crippen molar-refractivity contribution in [2.45, 2.75) is 99.9 Å². The van der Waals surface area contributed by atoms with Crippen LogP contribution in [0.4, 0.5) is 0 Å². The summed E-state index contributed by atoms with van der Waals surface area (Å²) in [6, 6.07) is 0. The van der Waals surface area contributed by atoms with Gasteiger partial charge in [0.05, 0.1) is 0 Å². The van der Waals surface area contributed by atoms with Crippen LogP contribution in [0.3, 0.4) is 0 Å². The molecule has 8 heteroatoms. The molecule has 0 N–H and O–H groups in total. The number of halogens is 4. The number of rotatable bonds is 0. The molecule has 0 aliphatic heterocycles. The fourth-order valence-corrected chi connectivity index (χ4v) is 11.7. The van der Waals surface area contributed by atoms with Gasteiger partial charge in [0.25, 0.3) is 0 Å². The van der Waals surface area contributed by atoms with E-state index in [2.05, 4.69) is 83.1 Å². The standard InChI is InChI=1S/2C8H19As.4ClH.2In/c2*1-7(2,3)9-8(4,5)6;;;;;;/h2*9H,1-6H3;4*1H;;/q;;;;;;2*+2/p-4. The summed E-state index contributed by atoms with van der Waals surface area (Å²) in [6.07, 6.45) is 0. The molecule has 0 saturated carbocycles. The zero-order valence-corrected chi connectivity index (χ0v) is 31.5. The molecule has 2 radical (unpaired) electrons. The average Bonchev–Trinajstić information content (AvgIpc) is 2.06. The van der Waals surface area contributed by atoms with Gasteiger partial charge in [-0.15, -0.1) is 0 Å². The fraction of sp³-hybridized carbons (Fsp3) is 1.00. The van der Waals surface area contributed by atoms with Gasteiger partial charge >= 0.3 is 207 Å². The summed E-state index contributed by atoms with van der Waals surface area (Å²) in [5.41, 5.74) is 0. The van der Waals surface area contributed by atoms with Crippen molar-refractivity contribution in [2.75, 3.05) is 0 Å². The zero-order chi connectivity index (χ0) is 20.8. The van der Waals surface area contributed by atoms with Gasteiger partial charge in [0.2, 0.25) is 0 Å². The summed E-state index contributed by atoms with van der Waals surface area (Å²) in [5.74, 6) is 0. The van der Waals surface area contributed by atoms with E-state index >= 15 is 0 Å². The molecule has 0 fully saturated rings. The van der Waals surface area contributed by atoms with Crippen molar-refractivity contribution in [3.8, 4) is 0 Å². The van der Waals surface area contributed by atoms with Crippen LogP contribution in [0.25, 0.3) is 0 Å². The predicted molar refractivity (Wildman–Crippen MR) is 128 cm³/mol. The van der Waals surface area contributed by atoms with Crippen LogP contribution in [0, 0.1) is 0 Å². The van der Waals surface area contributed by atoms with E-state index in [0.717, 1.165) is 0 Å². The van der Waals surface area contributed by atoms with E-state index in [1.165, 1.54) is 0 Å². The van der Waals surface area contributed by atoms with Crippen LogP contribution in [0.1, 0.15) is 83.1 Å². The van der Waals surface area contributed by atoms with Gasteiger partial charge in [-0.25, -0.2) is 0 Å². The molecule has 0 unspecified atom stereocenters. The minimum absolute atomic E-state index is 0.208. The molecular formula is C16H38As2Cl4In2. The molecule has 0 aromatic rings. The first-order valence-corrected chi connectivity index (χ1v) is 28.8. The van der Waals surface area contributed by atoms with Crippen molar-refractivity contribution < 1.29 is 0 Å². The van der Waals surface area contributed by atoms with E-state index in [4.69, 9.17) is 34.3 Å². The first kappa shape index (κ1) is 35.5. The van der Waals surface area contributed by atoms with E-state index < -0.39 is 41.1 Å². The van der Waals surface area contributed by atoms with Crippen LogP contribution >= 0.6 is 34.3 Å².